The van der Waals surface area contributed by atoms with Crippen LogP contribution in [0.3, 0.4) is 0 Å². The van der Waals surface area contributed by atoms with Crippen LogP contribution in [0.5, 0.6) is 0 Å². The number of Topliss-reactive ketones (excluding diaryl/α,β-unsaturated/α-hetero) is 2. The molecule has 3 saturated heterocycles. The fourth-order valence-electron chi connectivity index (χ4n) is 8.44. The molecule has 0 radical (unpaired) electrons. The van der Waals surface area contributed by atoms with Crippen LogP contribution >= 0.6 is 0 Å². The van der Waals surface area contributed by atoms with Crippen molar-refractivity contribution in [2.45, 2.75) is 141 Å². The molecular formula is C39H61FN4O10. The number of rotatable bonds is 10. The summed E-state index contributed by atoms with van der Waals surface area (Å²) in [5.41, 5.74) is -5.06. The molecule has 13 atom stereocenters. The molecule has 1 aromatic heterocycles. The number of carbonyl (C=O) groups excluding carboxylic acids is 4. The van der Waals surface area contributed by atoms with Gasteiger partial charge in [0.25, 0.3) is 0 Å². The van der Waals surface area contributed by atoms with Gasteiger partial charge in [0.15, 0.2) is 29.1 Å². The molecule has 4 rings (SSSR count). The standard InChI is InChI=1S/C39H61FN4O10/c1-12-28-39(8)31(42-36(49)54-39)25(5)32(47)37(6,40)21-38(7,50-18-17-44(11)20-26-15-13-14-16-41-26)33(23(3)29(45)24(4)34(48)52-28)53-35-30(46)27(43(9)10)19-22(2)51-35/h13-16,22-25,27-28,30-31,33,35,46H,12,17-21H2,1-11H3,(H,42,49)/t22-,23+,24-,25-,27+,28-,30-,31+,33-,35+,37+,38-,39-/m1/s1. The van der Waals surface area contributed by atoms with Crippen LogP contribution in [0, 0.1) is 17.8 Å². The molecule has 54 heavy (non-hydrogen) atoms. The van der Waals surface area contributed by atoms with Gasteiger partial charge in [-0.25, -0.2) is 9.18 Å². The van der Waals surface area contributed by atoms with Crippen molar-refractivity contribution >= 4 is 23.6 Å². The topological polar surface area (TPSA) is 166 Å². The molecule has 2 N–H and O–H groups in total. The van der Waals surface area contributed by atoms with Gasteiger partial charge in [0.2, 0.25) is 0 Å². The van der Waals surface area contributed by atoms with Gasteiger partial charge in [0.05, 0.1) is 36.2 Å². The van der Waals surface area contributed by atoms with Crippen LogP contribution in [0.2, 0.25) is 0 Å². The number of halogens is 1. The van der Waals surface area contributed by atoms with Crippen LogP contribution < -0.4 is 5.32 Å². The average molecular weight is 765 g/mol. The van der Waals surface area contributed by atoms with Crippen LogP contribution in [0.4, 0.5) is 9.18 Å². The Bertz CT molecular complexity index is 1480. The number of hydrogen-bond donors (Lipinski definition) is 2. The summed E-state index contributed by atoms with van der Waals surface area (Å²) in [4.78, 5) is 63.4. The molecule has 0 aromatic carbocycles. The quantitative estimate of drug-likeness (QED) is 0.263. The second-order valence-corrected chi connectivity index (χ2v) is 16.3. The van der Waals surface area contributed by atoms with Crippen LogP contribution in [-0.2, 0) is 44.6 Å². The van der Waals surface area contributed by atoms with Gasteiger partial charge in [-0.2, -0.15) is 0 Å². The molecule has 1 aromatic rings. The van der Waals surface area contributed by atoms with Crippen LogP contribution in [0.25, 0.3) is 0 Å². The number of hydrogen-bond acceptors (Lipinski definition) is 13. The summed E-state index contributed by atoms with van der Waals surface area (Å²) in [6.07, 6.45) is -4.25. The summed E-state index contributed by atoms with van der Waals surface area (Å²) in [6.45, 7) is 13.2. The molecule has 0 unspecified atom stereocenters. The molecule has 15 heteroatoms. The number of aliphatic hydroxyl groups is 1. The number of nitrogens with one attached hydrogen (secondary N) is 1. The van der Waals surface area contributed by atoms with Crippen LogP contribution in [0.1, 0.15) is 80.3 Å². The molecule has 0 aliphatic carbocycles. The van der Waals surface area contributed by atoms with Gasteiger partial charge in [0, 0.05) is 43.6 Å². The normalized spacial score (nSPS) is 39.8. The number of cyclic esters (lactones) is 1. The highest BCUT2D eigenvalue weighted by Crippen LogP contribution is 2.42. The lowest BCUT2D eigenvalue weighted by atomic mass is 9.72. The predicted molar refractivity (Wildman–Crippen MR) is 196 cm³/mol. The first-order valence-corrected chi connectivity index (χ1v) is 19.0. The minimum Gasteiger partial charge on any atom is -0.458 e. The van der Waals surface area contributed by atoms with Crippen molar-refractivity contribution < 1.29 is 52.4 Å². The maximum Gasteiger partial charge on any atom is 0.408 e. The number of pyridine rings is 1. The Morgan fingerprint density at radius 3 is 2.35 bits per heavy atom. The van der Waals surface area contributed by atoms with E-state index < -0.39 is 95.3 Å². The van der Waals surface area contributed by atoms with E-state index in [1.165, 1.54) is 20.8 Å². The predicted octanol–water partition coefficient (Wildman–Crippen LogP) is 3.47. The summed E-state index contributed by atoms with van der Waals surface area (Å²) in [7, 11) is 5.53. The maximum atomic E-state index is 17.4. The molecule has 304 valence electrons. The number of nitrogens with zero attached hydrogens (tertiary/aromatic N) is 3. The van der Waals surface area contributed by atoms with Gasteiger partial charge in [-0.3, -0.25) is 24.3 Å². The number of esters is 1. The van der Waals surface area contributed by atoms with Gasteiger partial charge in [-0.1, -0.05) is 26.8 Å². The zero-order chi connectivity index (χ0) is 40.3. The van der Waals surface area contributed by atoms with E-state index in [2.05, 4.69) is 10.3 Å². The lowest BCUT2D eigenvalue weighted by Gasteiger charge is -2.48. The van der Waals surface area contributed by atoms with Gasteiger partial charge in [0.1, 0.15) is 18.1 Å². The first kappa shape index (κ1) is 43.6. The Kier molecular flexibility index (Phi) is 14.0. The molecule has 3 fully saturated rings. The molecule has 14 nitrogen and oxygen atoms in total. The van der Waals surface area contributed by atoms with Crippen molar-refractivity contribution in [1.82, 2.24) is 20.1 Å². The first-order valence-electron chi connectivity index (χ1n) is 19.0. The minimum atomic E-state index is -2.60. The Hall–Kier alpha value is -3.08. The Balaban J connectivity index is 1.80. The average Bonchev–Trinajstić information content (AvgIpc) is 3.42. The van der Waals surface area contributed by atoms with E-state index >= 15 is 4.39 Å². The van der Waals surface area contributed by atoms with Gasteiger partial charge < -0.3 is 39.0 Å². The lowest BCUT2D eigenvalue weighted by Crippen LogP contribution is -2.62. The van der Waals surface area contributed by atoms with Crippen LogP contribution in [0.15, 0.2) is 24.4 Å². The number of alkyl halides is 1. The summed E-state index contributed by atoms with van der Waals surface area (Å²) in [5, 5.41) is 14.2. The first-order chi connectivity index (χ1) is 25.1. The third kappa shape index (κ3) is 9.47. The highest BCUT2D eigenvalue weighted by Gasteiger charge is 2.59. The molecule has 3 aliphatic rings. The third-order valence-corrected chi connectivity index (χ3v) is 11.5. The van der Waals surface area contributed by atoms with E-state index in [1.807, 2.05) is 56.1 Å². The minimum absolute atomic E-state index is 0.0194. The second-order valence-electron chi connectivity index (χ2n) is 16.3. The summed E-state index contributed by atoms with van der Waals surface area (Å²) < 4.78 is 48.3. The molecule has 4 heterocycles. The van der Waals surface area contributed by atoms with Crippen molar-refractivity contribution in [1.29, 1.82) is 0 Å². The van der Waals surface area contributed by atoms with Crippen molar-refractivity contribution in [2.24, 2.45) is 17.8 Å². The van der Waals surface area contributed by atoms with E-state index in [0.717, 1.165) is 12.6 Å². The highest BCUT2D eigenvalue weighted by molar-refractivity contribution is 6.00. The van der Waals surface area contributed by atoms with E-state index in [9.17, 15) is 24.3 Å². The van der Waals surface area contributed by atoms with E-state index in [-0.39, 0.29) is 25.2 Å². The van der Waals surface area contributed by atoms with Crippen molar-refractivity contribution in [3.8, 4) is 0 Å². The molecule has 3 aliphatic heterocycles. The fourth-order valence-corrected chi connectivity index (χ4v) is 8.44. The SMILES string of the molecule is CC[C@H]1OC(=O)[C@H](C)C(=O)[C@H](C)[C@@H](O[C@@H]2O[C@H](C)C[C@H](N(C)C)[C@H]2O)[C@](C)(OCCN(C)Cc2ccccn2)C[C@](C)(F)C(=O)[C@H](C)[C@@H]2NC(=O)O[C@]12C. The Morgan fingerprint density at radius 2 is 1.74 bits per heavy atom. The van der Waals surface area contributed by atoms with Crippen molar-refractivity contribution in [3.05, 3.63) is 30.1 Å². The number of ether oxygens (including phenoxy) is 5. The molecular weight excluding hydrogens is 703 g/mol. The fraction of sp³-hybridized carbons (Fsp3) is 0.769. The summed E-state index contributed by atoms with van der Waals surface area (Å²) in [6, 6.07) is 4.15. The van der Waals surface area contributed by atoms with Gasteiger partial charge in [-0.05, 0) is 80.7 Å². The second kappa shape index (κ2) is 17.4. The monoisotopic (exact) mass is 764 g/mol. The van der Waals surface area contributed by atoms with Crippen LogP contribution in [-0.4, -0.2) is 137 Å². The number of likely N-dealkylation sites (N-methyl/N-ethyl adjacent to an activating group) is 2. The van der Waals surface area contributed by atoms with E-state index in [1.54, 1.807) is 27.0 Å². The molecule has 1 amide bonds. The molecule has 0 spiro atoms. The van der Waals surface area contributed by atoms with E-state index in [0.29, 0.717) is 19.5 Å². The van der Waals surface area contributed by atoms with E-state index in [4.69, 9.17) is 23.7 Å². The van der Waals surface area contributed by atoms with Crippen molar-refractivity contribution in [3.63, 3.8) is 0 Å². The largest absolute Gasteiger partial charge is 0.458 e. The summed E-state index contributed by atoms with van der Waals surface area (Å²) >= 11 is 0. The number of amides is 1. The number of alkyl carbamates (subject to hydrolysis) is 1. The van der Waals surface area contributed by atoms with Gasteiger partial charge in [-0.15, -0.1) is 0 Å². The summed E-state index contributed by atoms with van der Waals surface area (Å²) in [5.74, 6) is -5.94. The lowest BCUT2D eigenvalue weighted by molar-refractivity contribution is -0.298. The zero-order valence-corrected chi connectivity index (χ0v) is 33.7. The highest BCUT2D eigenvalue weighted by atomic mass is 19.1. The third-order valence-electron chi connectivity index (χ3n) is 11.5. The molecule has 0 bridgehead atoms. The Morgan fingerprint density at radius 1 is 1.06 bits per heavy atom. The zero-order valence-electron chi connectivity index (χ0n) is 33.7. The number of carbonyl (C=O) groups is 4. The Labute approximate surface area is 318 Å². The number of aromatic nitrogens is 1. The van der Waals surface area contributed by atoms with Crippen molar-refractivity contribution in [2.75, 3.05) is 34.3 Å². The van der Waals surface area contributed by atoms with Gasteiger partial charge >= 0.3 is 12.1 Å². The maximum absolute atomic E-state index is 17.4. The smallest absolute Gasteiger partial charge is 0.408 e. The number of fused-ring (bicyclic) bond motifs is 1. The number of ketones is 2. The number of aliphatic hydroxyl groups excluding tert-OH is 1. The molecule has 0 saturated carbocycles.